The van der Waals surface area contributed by atoms with E-state index in [9.17, 15) is 4.79 Å². The summed E-state index contributed by atoms with van der Waals surface area (Å²) in [6, 6.07) is 0.427. The van der Waals surface area contributed by atoms with Gasteiger partial charge >= 0.3 is 0 Å². The number of carbonyl (C=O) groups is 1. The van der Waals surface area contributed by atoms with Gasteiger partial charge in [-0.2, -0.15) is 0 Å². The number of amides is 1. The van der Waals surface area contributed by atoms with Crippen molar-refractivity contribution in [3.63, 3.8) is 0 Å². The largest absolute Gasteiger partial charge is 0.352 e. The second-order valence-corrected chi connectivity index (χ2v) is 6.09. The highest BCUT2D eigenvalue weighted by Crippen LogP contribution is 2.26. The van der Waals surface area contributed by atoms with Gasteiger partial charge in [-0.3, -0.25) is 9.69 Å². The quantitative estimate of drug-likeness (QED) is 0.808. The molecule has 1 amide bonds. The number of nitrogens with zero attached hydrogens (tertiary/aromatic N) is 1. The highest BCUT2D eigenvalue weighted by atomic mass is 16.2. The molecule has 1 aliphatic heterocycles. The Morgan fingerprint density at radius 3 is 3.00 bits per heavy atom. The minimum atomic E-state index is 0.226. The van der Waals surface area contributed by atoms with Crippen LogP contribution in [0.5, 0.6) is 0 Å². The zero-order valence-electron chi connectivity index (χ0n) is 12.3. The van der Waals surface area contributed by atoms with Crippen molar-refractivity contribution in [1.82, 2.24) is 15.5 Å². The van der Waals surface area contributed by atoms with Crippen molar-refractivity contribution in [2.75, 3.05) is 32.7 Å². The summed E-state index contributed by atoms with van der Waals surface area (Å²) in [6.45, 7) is 6.97. The molecule has 2 rings (SSSR count). The maximum absolute atomic E-state index is 12.1. The summed E-state index contributed by atoms with van der Waals surface area (Å²) in [4.78, 5) is 14.4. The van der Waals surface area contributed by atoms with Gasteiger partial charge in [-0.05, 0) is 38.3 Å². The molecule has 110 valence electrons. The number of hydrogen-bond acceptors (Lipinski definition) is 3. The number of rotatable bonds is 4. The lowest BCUT2D eigenvalue weighted by molar-refractivity contribution is -0.123. The first-order chi connectivity index (χ1) is 9.28. The molecule has 0 radical (unpaired) electrons. The smallest absolute Gasteiger partial charge is 0.234 e. The molecule has 1 saturated carbocycles. The van der Waals surface area contributed by atoms with Crippen LogP contribution in [0.25, 0.3) is 0 Å². The van der Waals surface area contributed by atoms with Gasteiger partial charge in [0, 0.05) is 19.1 Å². The topological polar surface area (TPSA) is 44.4 Å². The van der Waals surface area contributed by atoms with E-state index in [0.29, 0.717) is 12.6 Å². The van der Waals surface area contributed by atoms with Crippen LogP contribution in [0.2, 0.25) is 0 Å². The summed E-state index contributed by atoms with van der Waals surface area (Å²) in [5.74, 6) is 1.05. The standard InChI is InChI=1S/C15H29N3O/c1-2-13-5-3-6-14(11-13)17-15(19)12-18-9-4-7-16-8-10-18/h13-14,16H,2-12H2,1H3,(H,17,19). The monoisotopic (exact) mass is 267 g/mol. The number of carbonyl (C=O) groups excluding carboxylic acids is 1. The molecule has 4 heteroatoms. The van der Waals surface area contributed by atoms with Gasteiger partial charge < -0.3 is 10.6 Å². The Hall–Kier alpha value is -0.610. The van der Waals surface area contributed by atoms with E-state index in [2.05, 4.69) is 22.5 Å². The van der Waals surface area contributed by atoms with E-state index in [1.807, 2.05) is 0 Å². The Bertz CT molecular complexity index is 275. The van der Waals surface area contributed by atoms with E-state index < -0.39 is 0 Å². The molecule has 0 aromatic rings. The van der Waals surface area contributed by atoms with E-state index in [1.165, 1.54) is 32.1 Å². The molecule has 2 aliphatic rings. The average molecular weight is 267 g/mol. The van der Waals surface area contributed by atoms with Gasteiger partial charge in [-0.25, -0.2) is 0 Å². The predicted octanol–water partition coefficient (Wildman–Crippen LogP) is 1.37. The van der Waals surface area contributed by atoms with Crippen molar-refractivity contribution in [2.24, 2.45) is 5.92 Å². The van der Waals surface area contributed by atoms with E-state index in [4.69, 9.17) is 0 Å². The van der Waals surface area contributed by atoms with E-state index >= 15 is 0 Å². The van der Waals surface area contributed by atoms with Gasteiger partial charge in [0.2, 0.25) is 5.91 Å². The molecular weight excluding hydrogens is 238 g/mol. The van der Waals surface area contributed by atoms with Crippen LogP contribution in [0.15, 0.2) is 0 Å². The van der Waals surface area contributed by atoms with Crippen LogP contribution in [-0.2, 0) is 4.79 Å². The van der Waals surface area contributed by atoms with E-state index in [1.54, 1.807) is 0 Å². The summed E-state index contributed by atoms with van der Waals surface area (Å²) in [5.41, 5.74) is 0. The second kappa shape index (κ2) is 7.85. The predicted molar refractivity (Wildman–Crippen MR) is 78.1 cm³/mol. The maximum atomic E-state index is 12.1. The minimum Gasteiger partial charge on any atom is -0.352 e. The molecule has 1 saturated heterocycles. The van der Waals surface area contributed by atoms with Crippen molar-refractivity contribution in [3.05, 3.63) is 0 Å². The lowest BCUT2D eigenvalue weighted by atomic mass is 9.84. The SMILES string of the molecule is CCC1CCCC(NC(=O)CN2CCCNCC2)C1. The molecular formula is C15H29N3O. The molecule has 2 unspecified atom stereocenters. The Balaban J connectivity index is 1.70. The van der Waals surface area contributed by atoms with Crippen molar-refractivity contribution in [2.45, 2.75) is 51.5 Å². The summed E-state index contributed by atoms with van der Waals surface area (Å²) in [5, 5.41) is 6.62. The molecule has 2 atom stereocenters. The Morgan fingerprint density at radius 1 is 1.26 bits per heavy atom. The van der Waals surface area contributed by atoms with Crippen LogP contribution in [-0.4, -0.2) is 49.6 Å². The molecule has 1 aliphatic carbocycles. The first kappa shape index (κ1) is 14.8. The fourth-order valence-corrected chi connectivity index (χ4v) is 3.33. The summed E-state index contributed by atoms with van der Waals surface area (Å²) in [6.07, 6.45) is 7.38. The molecule has 0 spiro atoms. The normalized spacial score (nSPS) is 29.7. The molecule has 1 heterocycles. The third-order valence-electron chi connectivity index (χ3n) is 4.53. The fourth-order valence-electron chi connectivity index (χ4n) is 3.33. The highest BCUT2D eigenvalue weighted by Gasteiger charge is 2.22. The molecule has 2 fully saturated rings. The van der Waals surface area contributed by atoms with Crippen LogP contribution in [0.1, 0.15) is 45.4 Å². The molecule has 4 nitrogen and oxygen atoms in total. The van der Waals surface area contributed by atoms with Gasteiger partial charge in [0.25, 0.3) is 0 Å². The summed E-state index contributed by atoms with van der Waals surface area (Å²) in [7, 11) is 0. The van der Waals surface area contributed by atoms with Gasteiger partial charge in [-0.15, -0.1) is 0 Å². The van der Waals surface area contributed by atoms with Crippen molar-refractivity contribution in [3.8, 4) is 0 Å². The lowest BCUT2D eigenvalue weighted by Crippen LogP contribution is -2.44. The molecule has 2 N–H and O–H groups in total. The van der Waals surface area contributed by atoms with Gasteiger partial charge in [0.15, 0.2) is 0 Å². The fraction of sp³-hybridized carbons (Fsp3) is 0.933. The van der Waals surface area contributed by atoms with Crippen molar-refractivity contribution >= 4 is 5.91 Å². The summed E-state index contributed by atoms with van der Waals surface area (Å²) < 4.78 is 0. The van der Waals surface area contributed by atoms with Gasteiger partial charge in [0.05, 0.1) is 6.54 Å². The zero-order valence-corrected chi connectivity index (χ0v) is 12.3. The molecule has 19 heavy (non-hydrogen) atoms. The van der Waals surface area contributed by atoms with Crippen LogP contribution in [0.4, 0.5) is 0 Å². The first-order valence-electron chi connectivity index (χ1n) is 8.00. The number of hydrogen-bond donors (Lipinski definition) is 2. The minimum absolute atomic E-state index is 0.226. The van der Waals surface area contributed by atoms with E-state index in [0.717, 1.165) is 38.5 Å². The second-order valence-electron chi connectivity index (χ2n) is 6.09. The summed E-state index contributed by atoms with van der Waals surface area (Å²) >= 11 is 0. The molecule has 0 bridgehead atoms. The van der Waals surface area contributed by atoms with Crippen molar-refractivity contribution in [1.29, 1.82) is 0 Å². The van der Waals surface area contributed by atoms with Crippen molar-refractivity contribution < 1.29 is 4.79 Å². The van der Waals surface area contributed by atoms with E-state index in [-0.39, 0.29) is 5.91 Å². The van der Waals surface area contributed by atoms with Crippen LogP contribution in [0, 0.1) is 5.92 Å². The molecule has 0 aromatic heterocycles. The van der Waals surface area contributed by atoms with Crippen LogP contribution >= 0.6 is 0 Å². The lowest BCUT2D eigenvalue weighted by Gasteiger charge is -2.30. The third-order valence-corrected chi connectivity index (χ3v) is 4.53. The Morgan fingerprint density at radius 2 is 2.16 bits per heavy atom. The maximum Gasteiger partial charge on any atom is 0.234 e. The van der Waals surface area contributed by atoms with Gasteiger partial charge in [0.1, 0.15) is 0 Å². The first-order valence-corrected chi connectivity index (χ1v) is 8.00. The average Bonchev–Trinajstić information content (AvgIpc) is 2.67. The Labute approximate surface area is 117 Å². The van der Waals surface area contributed by atoms with Gasteiger partial charge in [-0.1, -0.05) is 26.2 Å². The van der Waals surface area contributed by atoms with Crippen LogP contribution < -0.4 is 10.6 Å². The third kappa shape index (κ3) is 5.11. The zero-order chi connectivity index (χ0) is 13.5. The van der Waals surface area contributed by atoms with Crippen LogP contribution in [0.3, 0.4) is 0 Å². The number of nitrogens with one attached hydrogen (secondary N) is 2. The molecule has 0 aromatic carbocycles. The Kier molecular flexibility index (Phi) is 6.11. The highest BCUT2D eigenvalue weighted by molar-refractivity contribution is 5.78.